The van der Waals surface area contributed by atoms with Crippen LogP contribution in [0.5, 0.6) is 0 Å². The number of nitrogens with zero attached hydrogens (tertiary/aromatic N) is 2. The number of rotatable bonds is 4. The first-order valence-corrected chi connectivity index (χ1v) is 5.30. The average Bonchev–Trinajstić information content (AvgIpc) is 2.15. The molecule has 1 fully saturated rings. The molecule has 82 valence electrons. The van der Waals surface area contributed by atoms with Crippen molar-refractivity contribution >= 4 is 5.84 Å². The standard InChI is InChI=1S/C10H22N4/c1-13(2)7-8-14-5-3-9(4-6-14)10(11)12/h9H,3-8H2,1-2H3,(H3,11,12). The fraction of sp³-hybridized carbons (Fsp3) is 0.900. The van der Waals surface area contributed by atoms with Gasteiger partial charge in [0, 0.05) is 19.0 Å². The highest BCUT2D eigenvalue weighted by atomic mass is 15.2. The minimum atomic E-state index is 0.339. The molecular weight excluding hydrogens is 176 g/mol. The molecule has 4 nitrogen and oxygen atoms in total. The zero-order valence-corrected chi connectivity index (χ0v) is 9.29. The topological polar surface area (TPSA) is 56.4 Å². The molecule has 4 heteroatoms. The molecule has 0 aromatic rings. The van der Waals surface area contributed by atoms with Crippen molar-refractivity contribution in [3.05, 3.63) is 0 Å². The number of amidine groups is 1. The van der Waals surface area contributed by atoms with Crippen LogP contribution in [0.1, 0.15) is 12.8 Å². The van der Waals surface area contributed by atoms with Crippen LogP contribution in [0, 0.1) is 11.3 Å². The smallest absolute Gasteiger partial charge is 0.0937 e. The maximum atomic E-state index is 7.38. The summed E-state index contributed by atoms with van der Waals surface area (Å²) in [5.41, 5.74) is 5.49. The van der Waals surface area contributed by atoms with Crippen molar-refractivity contribution < 1.29 is 0 Å². The van der Waals surface area contributed by atoms with Crippen molar-refractivity contribution in [2.75, 3.05) is 40.3 Å². The Hall–Kier alpha value is -0.610. The second-order valence-electron chi connectivity index (χ2n) is 4.37. The van der Waals surface area contributed by atoms with Crippen LogP contribution in [0.3, 0.4) is 0 Å². The molecule has 1 aliphatic rings. The molecule has 0 aromatic carbocycles. The van der Waals surface area contributed by atoms with E-state index in [1.165, 1.54) is 0 Å². The van der Waals surface area contributed by atoms with E-state index in [1.54, 1.807) is 0 Å². The van der Waals surface area contributed by atoms with Crippen LogP contribution in [-0.4, -0.2) is 55.9 Å². The maximum absolute atomic E-state index is 7.38. The molecule has 14 heavy (non-hydrogen) atoms. The Balaban J connectivity index is 2.19. The lowest BCUT2D eigenvalue weighted by molar-refractivity contribution is 0.191. The average molecular weight is 198 g/mol. The first-order chi connectivity index (χ1) is 6.59. The molecule has 1 rings (SSSR count). The summed E-state index contributed by atoms with van der Waals surface area (Å²) in [6.07, 6.45) is 2.12. The summed E-state index contributed by atoms with van der Waals surface area (Å²) in [7, 11) is 4.20. The second kappa shape index (κ2) is 5.32. The number of nitrogens with two attached hydrogens (primary N) is 1. The molecule has 0 aliphatic carbocycles. The third-order valence-electron chi connectivity index (χ3n) is 2.89. The van der Waals surface area contributed by atoms with Gasteiger partial charge in [-0.3, -0.25) is 5.41 Å². The van der Waals surface area contributed by atoms with E-state index in [9.17, 15) is 0 Å². The molecule has 1 saturated heterocycles. The van der Waals surface area contributed by atoms with Crippen molar-refractivity contribution in [3.8, 4) is 0 Å². The van der Waals surface area contributed by atoms with Gasteiger partial charge in [-0.2, -0.15) is 0 Å². The Bertz CT molecular complexity index is 183. The molecule has 0 aromatic heterocycles. The van der Waals surface area contributed by atoms with Crippen LogP contribution in [0.15, 0.2) is 0 Å². The lowest BCUT2D eigenvalue weighted by Gasteiger charge is -2.31. The quantitative estimate of drug-likeness (QED) is 0.501. The van der Waals surface area contributed by atoms with Crippen LogP contribution in [0.2, 0.25) is 0 Å². The van der Waals surface area contributed by atoms with Gasteiger partial charge in [0.2, 0.25) is 0 Å². The fourth-order valence-corrected chi connectivity index (χ4v) is 1.81. The molecule has 1 heterocycles. The molecule has 0 unspecified atom stereocenters. The highest BCUT2D eigenvalue weighted by Gasteiger charge is 2.20. The van der Waals surface area contributed by atoms with E-state index < -0.39 is 0 Å². The van der Waals surface area contributed by atoms with Crippen molar-refractivity contribution in [3.63, 3.8) is 0 Å². The van der Waals surface area contributed by atoms with Gasteiger partial charge in [0.15, 0.2) is 0 Å². The largest absolute Gasteiger partial charge is 0.387 e. The second-order valence-corrected chi connectivity index (χ2v) is 4.37. The molecule has 0 spiro atoms. The van der Waals surface area contributed by atoms with Gasteiger partial charge in [-0.25, -0.2) is 0 Å². The molecule has 0 saturated carbocycles. The van der Waals surface area contributed by atoms with Gasteiger partial charge >= 0.3 is 0 Å². The predicted octanol–water partition coefficient (Wildman–Crippen LogP) is 0.196. The van der Waals surface area contributed by atoms with E-state index in [1.807, 2.05) is 0 Å². The lowest BCUT2D eigenvalue weighted by Crippen LogP contribution is -2.41. The number of hydrogen-bond acceptors (Lipinski definition) is 3. The van der Waals surface area contributed by atoms with Gasteiger partial charge in [-0.15, -0.1) is 0 Å². The van der Waals surface area contributed by atoms with Crippen molar-refractivity contribution in [2.45, 2.75) is 12.8 Å². The third kappa shape index (κ3) is 3.64. The molecule has 0 atom stereocenters. The first-order valence-electron chi connectivity index (χ1n) is 5.30. The van der Waals surface area contributed by atoms with Crippen LogP contribution < -0.4 is 5.73 Å². The van der Waals surface area contributed by atoms with Gasteiger partial charge in [-0.1, -0.05) is 0 Å². The van der Waals surface area contributed by atoms with E-state index in [0.717, 1.165) is 39.0 Å². The summed E-state index contributed by atoms with van der Waals surface area (Å²) >= 11 is 0. The SMILES string of the molecule is CN(C)CCN1CCC(C(=N)N)CC1. The van der Waals surface area contributed by atoms with Gasteiger partial charge < -0.3 is 15.5 Å². The monoisotopic (exact) mass is 198 g/mol. The normalized spacial score (nSPS) is 20.2. The third-order valence-corrected chi connectivity index (χ3v) is 2.89. The number of hydrogen-bond donors (Lipinski definition) is 2. The number of likely N-dealkylation sites (N-methyl/N-ethyl adjacent to an activating group) is 1. The zero-order chi connectivity index (χ0) is 10.6. The summed E-state index contributed by atoms with van der Waals surface area (Å²) in [5, 5.41) is 7.38. The Morgan fingerprint density at radius 1 is 1.43 bits per heavy atom. The Labute approximate surface area is 86.6 Å². The summed E-state index contributed by atoms with van der Waals surface area (Å²) < 4.78 is 0. The number of likely N-dealkylation sites (tertiary alicyclic amines) is 1. The van der Waals surface area contributed by atoms with Gasteiger partial charge in [0.05, 0.1) is 5.84 Å². The van der Waals surface area contributed by atoms with Gasteiger partial charge in [-0.05, 0) is 40.0 Å². The van der Waals surface area contributed by atoms with Crippen molar-refractivity contribution in [1.82, 2.24) is 9.80 Å². The van der Waals surface area contributed by atoms with Crippen LogP contribution in [0.25, 0.3) is 0 Å². The van der Waals surface area contributed by atoms with Crippen LogP contribution in [-0.2, 0) is 0 Å². The molecule has 0 bridgehead atoms. The van der Waals surface area contributed by atoms with Gasteiger partial charge in [0.1, 0.15) is 0 Å². The molecule has 0 radical (unpaired) electrons. The summed E-state index contributed by atoms with van der Waals surface area (Å²) in [5.74, 6) is 0.711. The Morgan fingerprint density at radius 3 is 2.43 bits per heavy atom. The van der Waals surface area contributed by atoms with Gasteiger partial charge in [0.25, 0.3) is 0 Å². The van der Waals surface area contributed by atoms with Crippen LogP contribution in [0.4, 0.5) is 0 Å². The lowest BCUT2D eigenvalue weighted by atomic mass is 9.96. The Morgan fingerprint density at radius 2 is 2.00 bits per heavy atom. The van der Waals surface area contributed by atoms with E-state index >= 15 is 0 Å². The van der Waals surface area contributed by atoms with Crippen molar-refractivity contribution in [2.24, 2.45) is 11.7 Å². The molecule has 0 amide bonds. The molecule has 1 aliphatic heterocycles. The molecule has 3 N–H and O–H groups in total. The minimum absolute atomic E-state index is 0.339. The first kappa shape index (κ1) is 11.5. The highest BCUT2D eigenvalue weighted by molar-refractivity contribution is 5.79. The number of piperidine rings is 1. The zero-order valence-electron chi connectivity index (χ0n) is 9.29. The molecular formula is C10H22N4. The highest BCUT2D eigenvalue weighted by Crippen LogP contribution is 2.16. The predicted molar refractivity (Wildman–Crippen MR) is 59.6 cm³/mol. The summed E-state index contributed by atoms with van der Waals surface area (Å²) in [6.45, 7) is 4.44. The van der Waals surface area contributed by atoms with E-state index in [0.29, 0.717) is 11.8 Å². The van der Waals surface area contributed by atoms with E-state index in [2.05, 4.69) is 23.9 Å². The number of nitrogens with one attached hydrogen (secondary N) is 1. The fourth-order valence-electron chi connectivity index (χ4n) is 1.81. The maximum Gasteiger partial charge on any atom is 0.0937 e. The minimum Gasteiger partial charge on any atom is -0.387 e. The Kier molecular flexibility index (Phi) is 4.35. The van der Waals surface area contributed by atoms with E-state index in [4.69, 9.17) is 11.1 Å². The summed E-state index contributed by atoms with van der Waals surface area (Å²) in [4.78, 5) is 4.66. The van der Waals surface area contributed by atoms with E-state index in [-0.39, 0.29) is 0 Å². The summed E-state index contributed by atoms with van der Waals surface area (Å²) in [6, 6.07) is 0. The van der Waals surface area contributed by atoms with Crippen LogP contribution >= 0.6 is 0 Å². The van der Waals surface area contributed by atoms with Crippen molar-refractivity contribution in [1.29, 1.82) is 5.41 Å².